The molecule has 2 heterocycles. The van der Waals surface area contributed by atoms with E-state index in [0.717, 1.165) is 67.2 Å². The molecule has 0 unspecified atom stereocenters. The summed E-state index contributed by atoms with van der Waals surface area (Å²) in [5.74, 6) is 1.76. The average molecular weight is 781 g/mol. The van der Waals surface area contributed by atoms with Crippen molar-refractivity contribution >= 4 is 40.6 Å². The molecule has 2 aliphatic heterocycles. The van der Waals surface area contributed by atoms with Crippen LogP contribution in [0.2, 0.25) is 0 Å². The van der Waals surface area contributed by atoms with Gasteiger partial charge in [0.2, 0.25) is 0 Å². The Morgan fingerprint density at radius 2 is 0.933 bits per heavy atom. The molecule has 0 saturated carbocycles. The van der Waals surface area contributed by atoms with E-state index in [0.29, 0.717) is 0 Å². The van der Waals surface area contributed by atoms with Gasteiger partial charge in [-0.15, -0.1) is 0 Å². The fourth-order valence-electron chi connectivity index (χ4n) is 11.5. The summed E-state index contributed by atoms with van der Waals surface area (Å²) in [6.07, 6.45) is 11.2. The van der Waals surface area contributed by atoms with E-state index in [1.165, 1.54) is 79.0 Å². The van der Waals surface area contributed by atoms with Crippen LogP contribution in [0, 0.1) is 0 Å². The van der Waals surface area contributed by atoms with Crippen molar-refractivity contribution < 1.29 is 4.74 Å². The Bertz CT molecular complexity index is 2810. The van der Waals surface area contributed by atoms with Gasteiger partial charge in [-0.1, -0.05) is 131 Å². The van der Waals surface area contributed by atoms with Crippen molar-refractivity contribution in [3.05, 3.63) is 185 Å². The predicted molar refractivity (Wildman–Crippen MR) is 252 cm³/mol. The second-order valence-electron chi connectivity index (χ2n) is 17.2. The lowest BCUT2D eigenvalue weighted by Crippen LogP contribution is -2.26. The second-order valence-corrected chi connectivity index (χ2v) is 17.2. The Balaban J connectivity index is 0.925. The third kappa shape index (κ3) is 5.34. The van der Waals surface area contributed by atoms with Gasteiger partial charge in [0.1, 0.15) is 0 Å². The van der Waals surface area contributed by atoms with Gasteiger partial charge in [0.05, 0.1) is 11.4 Å². The van der Waals surface area contributed by atoms with Crippen LogP contribution >= 0.6 is 0 Å². The average Bonchev–Trinajstić information content (AvgIpc) is 3.75. The first-order valence-corrected chi connectivity index (χ1v) is 22.3. The Kier molecular flexibility index (Phi) is 8.67. The standard InChI is InChI=1S/C57H52N2O/c1-5-56(6-2)47-34-38(25-29-43(47)45-31-27-41(36-49(45)56)58-33-15-17-40-16-9-10-18-51(40)58)23-24-39-26-30-44-46-32-28-42(37-50(46)57(7-3,8-4)48(44)35-39)59-52-19-11-13-21-54(52)60-55-22-14-12-20-53(55)59/h9-14,16,18-32,34-37H,5-8,15,17,33H2,1-4H3. The summed E-state index contributed by atoms with van der Waals surface area (Å²) < 4.78 is 6.37. The van der Waals surface area contributed by atoms with Crippen molar-refractivity contribution in [3.8, 4) is 33.8 Å². The number of hydrogen-bond acceptors (Lipinski definition) is 3. The quantitative estimate of drug-likeness (QED) is 0.143. The highest BCUT2D eigenvalue weighted by molar-refractivity contribution is 5.91. The van der Waals surface area contributed by atoms with E-state index in [2.05, 4.69) is 183 Å². The van der Waals surface area contributed by atoms with Crippen molar-refractivity contribution in [3.63, 3.8) is 0 Å². The number of nitrogens with zero attached hydrogens (tertiary/aromatic N) is 2. The van der Waals surface area contributed by atoms with Crippen molar-refractivity contribution in [1.29, 1.82) is 0 Å². The molecular weight excluding hydrogens is 729 g/mol. The van der Waals surface area contributed by atoms with Gasteiger partial charge in [-0.2, -0.15) is 0 Å². The predicted octanol–water partition coefficient (Wildman–Crippen LogP) is 15.7. The third-order valence-electron chi connectivity index (χ3n) is 14.7. The third-order valence-corrected chi connectivity index (χ3v) is 14.7. The molecule has 0 saturated heterocycles. The molecule has 0 radical (unpaired) electrons. The maximum Gasteiger partial charge on any atom is 0.151 e. The Hall–Kier alpha value is -6.32. The van der Waals surface area contributed by atoms with Crippen LogP contribution in [0.5, 0.6) is 11.5 Å². The molecule has 0 fully saturated rings. The first-order valence-electron chi connectivity index (χ1n) is 22.3. The first-order chi connectivity index (χ1) is 29.5. The molecule has 0 bridgehead atoms. The van der Waals surface area contributed by atoms with Crippen LogP contribution in [0.15, 0.2) is 146 Å². The summed E-state index contributed by atoms with van der Waals surface area (Å²) in [5.41, 5.74) is 21.2. The number of hydrogen-bond donors (Lipinski definition) is 0. The molecule has 7 aromatic carbocycles. The normalized spacial score (nSPS) is 16.0. The smallest absolute Gasteiger partial charge is 0.151 e. The highest BCUT2D eigenvalue weighted by Gasteiger charge is 2.43. The largest absolute Gasteiger partial charge is 0.453 e. The van der Waals surface area contributed by atoms with Crippen molar-refractivity contribution in [2.75, 3.05) is 16.3 Å². The molecule has 60 heavy (non-hydrogen) atoms. The summed E-state index contributed by atoms with van der Waals surface area (Å²) in [5, 5.41) is 0. The lowest BCUT2D eigenvalue weighted by molar-refractivity contribution is 0.476. The number of ether oxygens (including phenoxy) is 1. The topological polar surface area (TPSA) is 15.7 Å². The number of benzene rings is 7. The van der Waals surface area contributed by atoms with Crippen molar-refractivity contribution in [1.82, 2.24) is 0 Å². The van der Waals surface area contributed by atoms with Gasteiger partial charge in [0, 0.05) is 34.4 Å². The molecule has 11 rings (SSSR count). The molecule has 7 aromatic rings. The molecular formula is C57H52N2O. The highest BCUT2D eigenvalue weighted by Crippen LogP contribution is 2.57. The Morgan fingerprint density at radius 3 is 1.48 bits per heavy atom. The minimum absolute atomic E-state index is 0.00867. The van der Waals surface area contributed by atoms with Crippen LogP contribution in [0.4, 0.5) is 28.4 Å². The summed E-state index contributed by atoms with van der Waals surface area (Å²) in [7, 11) is 0. The number of aryl methyl sites for hydroxylation is 1. The van der Waals surface area contributed by atoms with Crippen molar-refractivity contribution in [2.24, 2.45) is 0 Å². The van der Waals surface area contributed by atoms with Crippen LogP contribution in [0.25, 0.3) is 34.4 Å². The molecule has 3 heteroatoms. The SMILES string of the molecule is CCC1(CC)c2cc(C=Cc3ccc4c(c3)C(CC)(CC)c3cc(N5c6ccccc6Oc6ccccc65)ccc3-4)ccc2-c2ccc(N3CCCc4ccccc43)cc21. The van der Waals surface area contributed by atoms with E-state index >= 15 is 0 Å². The molecule has 0 N–H and O–H groups in total. The van der Waals surface area contributed by atoms with E-state index < -0.39 is 0 Å². The summed E-state index contributed by atoms with van der Waals surface area (Å²) in [4.78, 5) is 4.92. The van der Waals surface area contributed by atoms with Gasteiger partial charge in [0.15, 0.2) is 11.5 Å². The summed E-state index contributed by atoms with van der Waals surface area (Å²) in [6, 6.07) is 54.5. The van der Waals surface area contributed by atoms with E-state index in [4.69, 9.17) is 4.74 Å². The minimum atomic E-state index is -0.0772. The zero-order chi connectivity index (χ0) is 40.6. The molecule has 4 aliphatic rings. The van der Waals surface area contributed by atoms with Crippen LogP contribution < -0.4 is 14.5 Å². The molecule has 2 aliphatic carbocycles. The van der Waals surface area contributed by atoms with Crippen LogP contribution in [-0.2, 0) is 17.3 Å². The van der Waals surface area contributed by atoms with E-state index in [1.54, 1.807) is 0 Å². The minimum Gasteiger partial charge on any atom is -0.453 e. The monoisotopic (exact) mass is 780 g/mol. The van der Waals surface area contributed by atoms with Gasteiger partial charge < -0.3 is 14.5 Å². The molecule has 3 nitrogen and oxygen atoms in total. The summed E-state index contributed by atoms with van der Waals surface area (Å²) >= 11 is 0. The Labute approximate surface area is 355 Å². The van der Waals surface area contributed by atoms with Gasteiger partial charge in [0.25, 0.3) is 0 Å². The Morgan fingerprint density at radius 1 is 0.483 bits per heavy atom. The summed E-state index contributed by atoms with van der Waals surface area (Å²) in [6.45, 7) is 10.6. The van der Waals surface area contributed by atoms with Gasteiger partial charge in [-0.05, 0) is 154 Å². The zero-order valence-corrected chi connectivity index (χ0v) is 35.3. The molecule has 296 valence electrons. The van der Waals surface area contributed by atoms with Gasteiger partial charge >= 0.3 is 0 Å². The number of fused-ring (bicyclic) bond motifs is 9. The highest BCUT2D eigenvalue weighted by atomic mass is 16.5. The zero-order valence-electron chi connectivity index (χ0n) is 35.3. The number of anilines is 5. The fraction of sp³-hybridized carbons (Fsp3) is 0.228. The van der Waals surface area contributed by atoms with E-state index in [1.807, 2.05) is 12.1 Å². The molecule has 0 atom stereocenters. The van der Waals surface area contributed by atoms with E-state index in [-0.39, 0.29) is 10.8 Å². The van der Waals surface area contributed by atoms with Gasteiger partial charge in [-0.3, -0.25) is 0 Å². The number of rotatable bonds is 8. The molecule has 0 aromatic heterocycles. The lowest BCUT2D eigenvalue weighted by Gasteiger charge is -2.34. The molecule has 0 amide bonds. The number of para-hydroxylation sites is 5. The second kappa shape index (κ2) is 14.2. The lowest BCUT2D eigenvalue weighted by atomic mass is 9.73. The van der Waals surface area contributed by atoms with Crippen LogP contribution in [0.1, 0.15) is 98.7 Å². The van der Waals surface area contributed by atoms with Gasteiger partial charge in [-0.25, -0.2) is 0 Å². The maximum atomic E-state index is 6.37. The fourth-order valence-corrected chi connectivity index (χ4v) is 11.5. The van der Waals surface area contributed by atoms with Crippen LogP contribution in [0.3, 0.4) is 0 Å². The first kappa shape index (κ1) is 36.7. The van der Waals surface area contributed by atoms with Crippen molar-refractivity contribution in [2.45, 2.75) is 77.0 Å². The van der Waals surface area contributed by atoms with Crippen LogP contribution in [-0.4, -0.2) is 6.54 Å². The maximum absolute atomic E-state index is 6.37. The van der Waals surface area contributed by atoms with E-state index in [9.17, 15) is 0 Å². The molecule has 0 spiro atoms.